The summed E-state index contributed by atoms with van der Waals surface area (Å²) in [5.41, 5.74) is -0.136. The van der Waals surface area contributed by atoms with Crippen LogP contribution in [0.3, 0.4) is 0 Å². The number of sulfonamides is 1. The summed E-state index contributed by atoms with van der Waals surface area (Å²) in [6.45, 7) is 0. The minimum absolute atomic E-state index is 0.0350. The van der Waals surface area contributed by atoms with E-state index in [0.717, 1.165) is 10.4 Å². The number of benzene rings is 1. The molecule has 0 amide bonds. The van der Waals surface area contributed by atoms with Crippen LogP contribution in [0, 0.1) is 0 Å². The lowest BCUT2D eigenvalue weighted by Gasteiger charge is -2.22. The molecule has 1 heterocycles. The summed E-state index contributed by atoms with van der Waals surface area (Å²) in [4.78, 5) is 10.7. The normalized spacial score (nSPS) is 21.5. The van der Waals surface area contributed by atoms with Crippen molar-refractivity contribution in [2.45, 2.75) is 17.4 Å². The van der Waals surface area contributed by atoms with Gasteiger partial charge in [-0.3, -0.25) is 0 Å². The topological polar surface area (TPSA) is 109 Å². The number of rotatable bonds is 4. The first-order chi connectivity index (χ1) is 9.63. The van der Waals surface area contributed by atoms with Gasteiger partial charge in [0.1, 0.15) is 0 Å². The summed E-state index contributed by atoms with van der Waals surface area (Å²) in [6, 6.07) is 4.38. The molecule has 0 unspecified atom stereocenters. The van der Waals surface area contributed by atoms with Gasteiger partial charge in [-0.15, -0.1) is 0 Å². The van der Waals surface area contributed by atoms with Gasteiger partial charge >= 0.3 is 5.97 Å². The highest BCUT2D eigenvalue weighted by atomic mass is 32.2. The molecule has 0 bridgehead atoms. The van der Waals surface area contributed by atoms with Crippen molar-refractivity contribution < 1.29 is 26.7 Å². The molecule has 1 fully saturated rings. The van der Waals surface area contributed by atoms with Gasteiger partial charge in [0.25, 0.3) is 0 Å². The second-order valence-electron chi connectivity index (χ2n) is 4.91. The van der Waals surface area contributed by atoms with Gasteiger partial charge in [0, 0.05) is 13.1 Å². The van der Waals surface area contributed by atoms with Crippen LogP contribution in [-0.4, -0.2) is 56.8 Å². The molecular formula is C12H15NO6S2. The van der Waals surface area contributed by atoms with Crippen molar-refractivity contribution in [2.75, 3.05) is 18.6 Å². The quantitative estimate of drug-likeness (QED) is 0.842. The first-order valence-corrected chi connectivity index (χ1v) is 9.41. The van der Waals surface area contributed by atoms with Crippen LogP contribution in [0.25, 0.3) is 0 Å². The largest absolute Gasteiger partial charge is 0.478 e. The average Bonchev–Trinajstić information content (AvgIpc) is 2.78. The van der Waals surface area contributed by atoms with Gasteiger partial charge in [0.15, 0.2) is 9.84 Å². The zero-order chi connectivity index (χ0) is 15.8. The fourth-order valence-corrected chi connectivity index (χ4v) is 5.51. The molecule has 1 N–H and O–H groups in total. The Hall–Kier alpha value is -1.45. The first kappa shape index (κ1) is 15.9. The van der Waals surface area contributed by atoms with E-state index in [-0.39, 0.29) is 28.4 Å². The molecule has 1 saturated heterocycles. The lowest BCUT2D eigenvalue weighted by atomic mass is 10.2. The average molecular weight is 333 g/mol. The molecule has 0 aromatic heterocycles. The zero-order valence-electron chi connectivity index (χ0n) is 11.3. The van der Waals surface area contributed by atoms with Gasteiger partial charge in [0.05, 0.1) is 22.0 Å². The Bertz CT molecular complexity index is 769. The Labute approximate surface area is 123 Å². The van der Waals surface area contributed by atoms with Crippen LogP contribution in [-0.2, 0) is 19.9 Å². The van der Waals surface area contributed by atoms with E-state index < -0.39 is 31.9 Å². The van der Waals surface area contributed by atoms with Crippen molar-refractivity contribution >= 4 is 25.8 Å². The molecule has 2 rings (SSSR count). The fourth-order valence-electron chi connectivity index (χ4n) is 2.21. The summed E-state index contributed by atoms with van der Waals surface area (Å²) in [6.07, 6.45) is 0.247. The monoisotopic (exact) mass is 333 g/mol. The number of hydrogen-bond donors (Lipinski definition) is 1. The molecule has 1 atom stereocenters. The lowest BCUT2D eigenvalue weighted by molar-refractivity contribution is 0.0696. The number of carboxylic acids is 1. The highest BCUT2D eigenvalue weighted by Crippen LogP contribution is 2.23. The van der Waals surface area contributed by atoms with Crippen LogP contribution in [0.15, 0.2) is 29.2 Å². The molecule has 0 spiro atoms. The van der Waals surface area contributed by atoms with E-state index in [9.17, 15) is 21.6 Å². The minimum Gasteiger partial charge on any atom is -0.478 e. The number of carbonyl (C=O) groups is 1. The number of sulfone groups is 1. The summed E-state index contributed by atoms with van der Waals surface area (Å²) in [7, 11) is -5.81. The molecule has 1 aromatic rings. The third-order valence-electron chi connectivity index (χ3n) is 3.48. The van der Waals surface area contributed by atoms with Gasteiger partial charge in [0.2, 0.25) is 10.0 Å². The van der Waals surface area contributed by atoms with Gasteiger partial charge in [-0.1, -0.05) is 6.07 Å². The van der Waals surface area contributed by atoms with E-state index in [1.807, 2.05) is 0 Å². The predicted octanol–water partition coefficient (Wildman–Crippen LogP) is 0.192. The van der Waals surface area contributed by atoms with Crippen molar-refractivity contribution in [2.24, 2.45) is 0 Å². The highest BCUT2D eigenvalue weighted by molar-refractivity contribution is 7.92. The second kappa shape index (κ2) is 5.39. The maximum absolute atomic E-state index is 12.4. The third kappa shape index (κ3) is 3.25. The van der Waals surface area contributed by atoms with Crippen molar-refractivity contribution in [1.29, 1.82) is 0 Å². The maximum atomic E-state index is 12.4. The standard InChI is InChI=1S/C12H15NO6S2/c1-13(10-5-6-20(16,17)8-10)21(18,19)11-4-2-3-9(7-11)12(14)15/h2-4,7,10H,5-6,8H2,1H3,(H,14,15)/t10-/m0/s1. The van der Waals surface area contributed by atoms with Crippen molar-refractivity contribution in [3.63, 3.8) is 0 Å². The minimum atomic E-state index is -3.92. The molecule has 21 heavy (non-hydrogen) atoms. The summed E-state index contributed by atoms with van der Waals surface area (Å²) in [5, 5.41) is 8.91. The predicted molar refractivity (Wildman–Crippen MR) is 75.4 cm³/mol. The van der Waals surface area contributed by atoms with E-state index in [0.29, 0.717) is 0 Å². The number of nitrogens with zero attached hydrogens (tertiary/aromatic N) is 1. The molecule has 1 aliphatic heterocycles. The fraction of sp³-hybridized carbons (Fsp3) is 0.417. The molecule has 0 saturated carbocycles. The maximum Gasteiger partial charge on any atom is 0.335 e. The van der Waals surface area contributed by atoms with E-state index in [1.165, 1.54) is 25.2 Å². The molecular weight excluding hydrogens is 318 g/mol. The van der Waals surface area contributed by atoms with Gasteiger partial charge in [-0.05, 0) is 24.6 Å². The Morgan fingerprint density at radius 3 is 2.57 bits per heavy atom. The first-order valence-electron chi connectivity index (χ1n) is 6.15. The van der Waals surface area contributed by atoms with Gasteiger partial charge in [-0.2, -0.15) is 4.31 Å². The summed E-state index contributed by atoms with van der Waals surface area (Å²) >= 11 is 0. The van der Waals surface area contributed by atoms with Gasteiger partial charge in [-0.25, -0.2) is 21.6 Å². The molecule has 1 aromatic carbocycles. The summed E-state index contributed by atoms with van der Waals surface area (Å²) in [5.74, 6) is -1.47. The SMILES string of the molecule is CN([C@H]1CCS(=O)(=O)C1)S(=O)(=O)c1cccc(C(=O)O)c1. The van der Waals surface area contributed by atoms with Crippen LogP contribution < -0.4 is 0 Å². The van der Waals surface area contributed by atoms with Crippen molar-refractivity contribution in [3.8, 4) is 0 Å². The molecule has 7 nitrogen and oxygen atoms in total. The van der Waals surface area contributed by atoms with E-state index in [1.54, 1.807) is 0 Å². The number of hydrogen-bond acceptors (Lipinski definition) is 5. The Morgan fingerprint density at radius 2 is 2.05 bits per heavy atom. The van der Waals surface area contributed by atoms with Gasteiger partial charge < -0.3 is 5.11 Å². The second-order valence-corrected chi connectivity index (χ2v) is 9.14. The lowest BCUT2D eigenvalue weighted by Crippen LogP contribution is -2.37. The van der Waals surface area contributed by atoms with E-state index in [4.69, 9.17) is 5.11 Å². The zero-order valence-corrected chi connectivity index (χ0v) is 12.9. The summed E-state index contributed by atoms with van der Waals surface area (Å²) < 4.78 is 48.8. The van der Waals surface area contributed by atoms with Crippen LogP contribution in [0.4, 0.5) is 0 Å². The smallest absolute Gasteiger partial charge is 0.335 e. The highest BCUT2D eigenvalue weighted by Gasteiger charge is 2.36. The Balaban J connectivity index is 2.34. The van der Waals surface area contributed by atoms with E-state index in [2.05, 4.69) is 0 Å². The number of carboxylic acid groups (broad SMARTS) is 1. The Kier molecular flexibility index (Phi) is 4.09. The third-order valence-corrected chi connectivity index (χ3v) is 7.14. The van der Waals surface area contributed by atoms with Crippen molar-refractivity contribution in [1.82, 2.24) is 4.31 Å². The van der Waals surface area contributed by atoms with Crippen molar-refractivity contribution in [3.05, 3.63) is 29.8 Å². The van der Waals surface area contributed by atoms with Crippen LogP contribution in [0.1, 0.15) is 16.8 Å². The Morgan fingerprint density at radius 1 is 1.38 bits per heavy atom. The molecule has 116 valence electrons. The molecule has 1 aliphatic rings. The molecule has 9 heteroatoms. The molecule has 0 aliphatic carbocycles. The van der Waals surface area contributed by atoms with Crippen LogP contribution in [0.5, 0.6) is 0 Å². The van der Waals surface area contributed by atoms with Crippen LogP contribution >= 0.6 is 0 Å². The van der Waals surface area contributed by atoms with E-state index >= 15 is 0 Å². The molecule has 0 radical (unpaired) electrons. The number of aromatic carboxylic acids is 1. The van der Waals surface area contributed by atoms with Crippen LogP contribution in [0.2, 0.25) is 0 Å².